The van der Waals surface area contributed by atoms with Gasteiger partial charge in [0.25, 0.3) is 0 Å². The fourth-order valence-electron chi connectivity index (χ4n) is 0.860. The van der Waals surface area contributed by atoms with Crippen LogP contribution >= 0.6 is 11.3 Å². The Balaban J connectivity index is 2.88. The monoisotopic (exact) mass is 209 g/mol. The van der Waals surface area contributed by atoms with Crippen LogP contribution in [0.15, 0.2) is 24.3 Å². The first-order chi connectivity index (χ1) is 4.86. The zero-order valence-electron chi connectivity index (χ0n) is 5.11. The molecule has 1 aromatic carbocycles. The molecule has 48 valence electrons. The summed E-state index contributed by atoms with van der Waals surface area (Å²) in [4.78, 5) is 4.30. The van der Waals surface area contributed by atoms with Crippen LogP contribution in [0, 0.1) is 0 Å². The molecule has 2 rings (SSSR count). The van der Waals surface area contributed by atoms with Gasteiger partial charge in [-0.1, -0.05) is 0 Å². The van der Waals surface area contributed by atoms with E-state index in [0.717, 1.165) is 9.31 Å². The van der Waals surface area contributed by atoms with Gasteiger partial charge in [-0.3, -0.25) is 0 Å². The Labute approximate surface area is 71.6 Å². The van der Waals surface area contributed by atoms with Crippen LogP contribution in [0.2, 0.25) is 0 Å². The van der Waals surface area contributed by atoms with Gasteiger partial charge in [-0.05, 0) is 0 Å². The van der Waals surface area contributed by atoms with Crippen molar-refractivity contribution in [3.8, 4) is 0 Å². The molecule has 0 aliphatic heterocycles. The van der Waals surface area contributed by atoms with Crippen LogP contribution in [0.1, 0.15) is 0 Å². The molecule has 1 aromatic heterocycles. The fourth-order valence-corrected chi connectivity index (χ4v) is 2.41. The molecule has 0 aliphatic rings. The van der Waals surface area contributed by atoms with Crippen molar-refractivity contribution < 1.29 is 0 Å². The van der Waals surface area contributed by atoms with Crippen molar-refractivity contribution >= 4 is 42.2 Å². The maximum atomic E-state index is 4.30. The molecule has 2 aromatic rings. The third-order valence-corrected chi connectivity index (χ3v) is 2.91. The van der Waals surface area contributed by atoms with E-state index in [0.29, 0.717) is 0 Å². The van der Waals surface area contributed by atoms with E-state index in [1.807, 2.05) is 18.2 Å². The molecule has 0 amide bonds. The molecule has 1 nitrogen and oxygen atoms in total. The van der Waals surface area contributed by atoms with Crippen molar-refractivity contribution in [2.75, 3.05) is 0 Å². The first-order valence-electron chi connectivity index (χ1n) is 2.91. The predicted octanol–water partition coefficient (Wildman–Crippen LogP) is 1.09. The number of aromatic nitrogens is 1. The van der Waals surface area contributed by atoms with Gasteiger partial charge < -0.3 is 0 Å². The Morgan fingerprint density at radius 3 is 2.90 bits per heavy atom. The minimum absolute atomic E-state index is 1.08. The number of rotatable bonds is 0. The van der Waals surface area contributed by atoms with Crippen molar-refractivity contribution in [3.05, 3.63) is 24.3 Å². The molecule has 0 N–H and O–H groups in total. The molecule has 0 saturated carbocycles. The molecule has 3 heteroatoms. The van der Waals surface area contributed by atoms with Crippen molar-refractivity contribution in [2.24, 2.45) is 0 Å². The van der Waals surface area contributed by atoms with Crippen LogP contribution in [0.25, 0.3) is 10.2 Å². The zero-order valence-corrected chi connectivity index (χ0v) is 7.81. The van der Waals surface area contributed by atoms with Crippen LogP contribution in [0.4, 0.5) is 0 Å². The topological polar surface area (TPSA) is 12.9 Å². The predicted molar refractivity (Wildman–Crippen MR) is 45.0 cm³/mol. The minimum atomic E-state index is 1.08. The standard InChI is InChI=1S/C7H4AsNS/c8-7-9-5-3-1-2-4-6(5)10-7/h1-4H. The first-order valence-corrected chi connectivity index (χ1v) is 4.66. The van der Waals surface area contributed by atoms with Gasteiger partial charge in [0.1, 0.15) is 0 Å². The van der Waals surface area contributed by atoms with Crippen LogP contribution in [-0.4, -0.2) is 21.8 Å². The van der Waals surface area contributed by atoms with Crippen LogP contribution in [0.5, 0.6) is 0 Å². The zero-order chi connectivity index (χ0) is 6.97. The van der Waals surface area contributed by atoms with Gasteiger partial charge in [-0.15, -0.1) is 0 Å². The van der Waals surface area contributed by atoms with E-state index in [1.165, 1.54) is 4.70 Å². The van der Waals surface area contributed by atoms with Gasteiger partial charge in [-0.25, -0.2) is 0 Å². The van der Waals surface area contributed by atoms with Gasteiger partial charge in [0.05, 0.1) is 0 Å². The number of benzene rings is 1. The van der Waals surface area contributed by atoms with Gasteiger partial charge in [-0.2, -0.15) is 0 Å². The number of nitrogens with zero attached hydrogens (tertiary/aromatic N) is 1. The summed E-state index contributed by atoms with van der Waals surface area (Å²) in [7, 11) is 0. The van der Waals surface area contributed by atoms with Crippen LogP contribution in [-0.2, 0) is 0 Å². The number of thiazole rings is 1. The number of hydrogen-bond acceptors (Lipinski definition) is 2. The molecule has 0 bridgehead atoms. The Bertz CT molecular complexity index is 322. The third kappa shape index (κ3) is 0.978. The van der Waals surface area contributed by atoms with Crippen molar-refractivity contribution in [2.45, 2.75) is 0 Å². The van der Waals surface area contributed by atoms with E-state index in [4.69, 9.17) is 0 Å². The second-order valence-electron chi connectivity index (χ2n) is 1.96. The average Bonchev–Trinajstić information content (AvgIpc) is 2.27. The van der Waals surface area contributed by atoms with E-state index in [9.17, 15) is 0 Å². The summed E-state index contributed by atoms with van der Waals surface area (Å²) in [6.45, 7) is 0. The Morgan fingerprint density at radius 1 is 1.30 bits per heavy atom. The van der Waals surface area contributed by atoms with Gasteiger partial charge in [0, 0.05) is 0 Å². The molecular formula is C7H4AsNS. The second kappa shape index (κ2) is 2.37. The van der Waals surface area contributed by atoms with E-state index < -0.39 is 0 Å². The molecule has 0 unspecified atom stereocenters. The summed E-state index contributed by atoms with van der Waals surface area (Å²) in [5, 5.41) is 0. The van der Waals surface area contributed by atoms with Crippen LogP contribution < -0.4 is 3.80 Å². The number of fused-ring (bicyclic) bond motifs is 1. The Kier molecular flexibility index (Phi) is 1.51. The van der Waals surface area contributed by atoms with E-state index >= 15 is 0 Å². The molecule has 1 heterocycles. The van der Waals surface area contributed by atoms with Gasteiger partial charge in [0.15, 0.2) is 0 Å². The quantitative estimate of drug-likeness (QED) is 0.592. The summed E-state index contributed by atoms with van der Waals surface area (Å²) >= 11 is 4.18. The molecule has 2 radical (unpaired) electrons. The Hall–Kier alpha value is -0.332. The molecular weight excluding hydrogens is 205 g/mol. The Morgan fingerprint density at radius 2 is 2.10 bits per heavy atom. The molecule has 0 fully saturated rings. The maximum absolute atomic E-state index is 4.30. The third-order valence-electron chi connectivity index (χ3n) is 1.28. The van der Waals surface area contributed by atoms with Gasteiger partial charge >= 0.3 is 71.5 Å². The molecule has 10 heavy (non-hydrogen) atoms. The summed E-state index contributed by atoms with van der Waals surface area (Å²) in [6, 6.07) is 8.16. The molecule has 0 saturated heterocycles. The van der Waals surface area contributed by atoms with Crippen molar-refractivity contribution in [3.63, 3.8) is 0 Å². The molecule has 0 aliphatic carbocycles. The van der Waals surface area contributed by atoms with Crippen molar-refractivity contribution in [1.82, 2.24) is 4.98 Å². The summed E-state index contributed by atoms with van der Waals surface area (Å²) in [5.74, 6) is 0. The van der Waals surface area contributed by atoms with E-state index in [2.05, 4.69) is 27.9 Å². The SMILES string of the molecule is [As]c1nc2ccccc2s1. The van der Waals surface area contributed by atoms with Gasteiger partial charge in [0.2, 0.25) is 0 Å². The van der Waals surface area contributed by atoms with Crippen molar-refractivity contribution in [1.29, 1.82) is 0 Å². The fraction of sp³-hybridized carbons (Fsp3) is 0. The number of hydrogen-bond donors (Lipinski definition) is 0. The first kappa shape index (κ1) is 6.38. The van der Waals surface area contributed by atoms with E-state index in [1.54, 1.807) is 11.3 Å². The summed E-state index contributed by atoms with van der Waals surface area (Å²) < 4.78 is 2.34. The van der Waals surface area contributed by atoms with E-state index in [-0.39, 0.29) is 0 Å². The second-order valence-corrected chi connectivity index (χ2v) is 4.54. The number of para-hydroxylation sites is 1. The normalized spacial score (nSPS) is 10.5. The average molecular weight is 209 g/mol. The molecule has 0 atom stereocenters. The summed E-state index contributed by atoms with van der Waals surface area (Å²) in [5.41, 5.74) is 1.10. The summed E-state index contributed by atoms with van der Waals surface area (Å²) in [6.07, 6.45) is 0. The molecule has 0 spiro atoms. The van der Waals surface area contributed by atoms with Crippen LogP contribution in [0.3, 0.4) is 0 Å².